The fourth-order valence-electron chi connectivity index (χ4n) is 1.64. The van der Waals surface area contributed by atoms with Gasteiger partial charge >= 0.3 is 0 Å². The summed E-state index contributed by atoms with van der Waals surface area (Å²) >= 11 is 0. The zero-order valence-electron chi connectivity index (χ0n) is 9.38. The molecule has 0 fully saturated rings. The lowest BCUT2D eigenvalue weighted by atomic mass is 10.2. The van der Waals surface area contributed by atoms with Crippen molar-refractivity contribution in [2.24, 2.45) is 0 Å². The molecule has 0 atom stereocenters. The molecule has 0 unspecified atom stereocenters. The molecule has 18 heavy (non-hydrogen) atoms. The van der Waals surface area contributed by atoms with E-state index in [1.54, 1.807) is 18.2 Å². The van der Waals surface area contributed by atoms with Crippen molar-refractivity contribution in [3.8, 4) is 11.5 Å². The molecule has 1 aromatic carbocycles. The fourth-order valence-corrected chi connectivity index (χ4v) is 1.64. The van der Waals surface area contributed by atoms with Crippen LogP contribution in [0.5, 0.6) is 11.5 Å². The van der Waals surface area contributed by atoms with E-state index in [4.69, 9.17) is 13.9 Å². The van der Waals surface area contributed by atoms with E-state index in [0.29, 0.717) is 29.3 Å². The van der Waals surface area contributed by atoms with Crippen LogP contribution in [-0.4, -0.2) is 17.7 Å². The van der Waals surface area contributed by atoms with E-state index in [0.717, 1.165) is 0 Å². The third kappa shape index (κ3) is 2.00. The van der Waals surface area contributed by atoms with Gasteiger partial charge in [-0.15, -0.1) is 0 Å². The van der Waals surface area contributed by atoms with Gasteiger partial charge in [0.25, 0.3) is 5.91 Å². The van der Waals surface area contributed by atoms with Crippen molar-refractivity contribution in [1.29, 1.82) is 0 Å². The summed E-state index contributed by atoms with van der Waals surface area (Å²) in [6, 6.07) is 5.06. The van der Waals surface area contributed by atoms with Gasteiger partial charge in [0, 0.05) is 5.56 Å². The minimum atomic E-state index is -0.198. The Hall–Kier alpha value is -2.50. The number of carbonyl (C=O) groups is 1. The second-order valence-electron chi connectivity index (χ2n) is 3.73. The predicted octanol–water partition coefficient (Wildman–Crippen LogP) is 1.33. The first-order valence-electron chi connectivity index (χ1n) is 5.38. The Labute approximate surface area is 103 Å². The molecule has 0 saturated carbocycles. The first kappa shape index (κ1) is 10.6. The van der Waals surface area contributed by atoms with Crippen LogP contribution in [0.25, 0.3) is 0 Å². The Bertz CT molecular complexity index is 565. The van der Waals surface area contributed by atoms with Crippen molar-refractivity contribution in [2.45, 2.75) is 6.54 Å². The summed E-state index contributed by atoms with van der Waals surface area (Å²) in [4.78, 5) is 15.8. The topological polar surface area (TPSA) is 73.6 Å². The fraction of sp³-hybridized carbons (Fsp3) is 0.167. The summed E-state index contributed by atoms with van der Waals surface area (Å²) in [5.74, 6) is 1.04. The average molecular weight is 246 g/mol. The van der Waals surface area contributed by atoms with Crippen molar-refractivity contribution in [2.75, 3.05) is 6.79 Å². The van der Waals surface area contributed by atoms with E-state index in [1.165, 1.54) is 12.7 Å². The number of amides is 1. The smallest absolute Gasteiger partial charge is 0.251 e. The normalized spacial score (nSPS) is 12.4. The van der Waals surface area contributed by atoms with Crippen LogP contribution in [0, 0.1) is 0 Å². The van der Waals surface area contributed by atoms with Crippen LogP contribution in [0.1, 0.15) is 16.1 Å². The molecule has 1 aliphatic heterocycles. The molecule has 3 rings (SSSR count). The van der Waals surface area contributed by atoms with Crippen LogP contribution in [0.2, 0.25) is 0 Å². The van der Waals surface area contributed by atoms with Crippen molar-refractivity contribution in [1.82, 2.24) is 10.3 Å². The lowest BCUT2D eigenvalue weighted by Crippen LogP contribution is -2.22. The first-order valence-corrected chi connectivity index (χ1v) is 5.38. The highest BCUT2D eigenvalue weighted by Gasteiger charge is 2.16. The first-order chi connectivity index (χ1) is 8.83. The summed E-state index contributed by atoms with van der Waals surface area (Å²) in [5, 5.41) is 2.73. The monoisotopic (exact) mass is 246 g/mol. The molecule has 1 aliphatic rings. The summed E-state index contributed by atoms with van der Waals surface area (Å²) in [5.41, 5.74) is 1.19. The van der Waals surface area contributed by atoms with Crippen LogP contribution in [0.15, 0.2) is 35.3 Å². The van der Waals surface area contributed by atoms with E-state index in [1.807, 2.05) is 0 Å². The largest absolute Gasteiger partial charge is 0.454 e. The molecular weight excluding hydrogens is 236 g/mol. The molecule has 1 aromatic heterocycles. The van der Waals surface area contributed by atoms with Crippen LogP contribution in [0.3, 0.4) is 0 Å². The summed E-state index contributed by atoms with van der Waals surface area (Å²) in [6.07, 6.45) is 2.81. The second-order valence-corrected chi connectivity index (χ2v) is 3.73. The highest BCUT2D eigenvalue weighted by atomic mass is 16.7. The Morgan fingerprint density at radius 2 is 2.22 bits per heavy atom. The molecular formula is C12H10N2O4. The molecule has 0 radical (unpaired) electrons. The minimum Gasteiger partial charge on any atom is -0.454 e. The van der Waals surface area contributed by atoms with E-state index < -0.39 is 0 Å². The Balaban J connectivity index is 1.69. The number of aromatic nitrogens is 1. The van der Waals surface area contributed by atoms with E-state index in [-0.39, 0.29) is 12.7 Å². The molecule has 0 bridgehead atoms. The van der Waals surface area contributed by atoms with Gasteiger partial charge in [0.05, 0.1) is 12.2 Å². The lowest BCUT2D eigenvalue weighted by Gasteiger charge is -2.04. The van der Waals surface area contributed by atoms with E-state index in [9.17, 15) is 4.79 Å². The maximum atomic E-state index is 11.9. The Morgan fingerprint density at radius 3 is 3.06 bits per heavy atom. The molecule has 0 spiro atoms. The third-order valence-electron chi connectivity index (χ3n) is 2.55. The molecule has 1 amide bonds. The zero-order valence-corrected chi connectivity index (χ0v) is 9.38. The van der Waals surface area contributed by atoms with Crippen LogP contribution >= 0.6 is 0 Å². The van der Waals surface area contributed by atoms with Crippen molar-refractivity contribution >= 4 is 5.91 Å². The van der Waals surface area contributed by atoms with Gasteiger partial charge in [-0.25, -0.2) is 4.98 Å². The summed E-state index contributed by atoms with van der Waals surface area (Å²) in [6.45, 7) is 0.517. The lowest BCUT2D eigenvalue weighted by molar-refractivity contribution is 0.0950. The molecule has 2 aromatic rings. The van der Waals surface area contributed by atoms with Gasteiger partial charge in [-0.05, 0) is 18.2 Å². The van der Waals surface area contributed by atoms with Crippen LogP contribution in [0.4, 0.5) is 0 Å². The highest BCUT2D eigenvalue weighted by molar-refractivity contribution is 5.94. The highest BCUT2D eigenvalue weighted by Crippen LogP contribution is 2.32. The second kappa shape index (κ2) is 4.40. The van der Waals surface area contributed by atoms with Gasteiger partial charge in [0.1, 0.15) is 6.26 Å². The number of fused-ring (bicyclic) bond motifs is 1. The number of nitrogens with zero attached hydrogens (tertiary/aromatic N) is 1. The minimum absolute atomic E-state index is 0.194. The predicted molar refractivity (Wildman–Crippen MR) is 60.2 cm³/mol. The average Bonchev–Trinajstić information content (AvgIpc) is 3.05. The third-order valence-corrected chi connectivity index (χ3v) is 2.55. The number of carbonyl (C=O) groups excluding carboxylic acids is 1. The van der Waals surface area contributed by atoms with Crippen LogP contribution < -0.4 is 14.8 Å². The Morgan fingerprint density at radius 1 is 1.33 bits per heavy atom. The SMILES string of the molecule is O=C(NCc1cocn1)c1ccc2c(c1)OCO2. The number of oxazole rings is 1. The van der Waals surface area contributed by atoms with Crippen molar-refractivity contribution in [3.05, 3.63) is 42.1 Å². The number of ether oxygens (including phenoxy) is 2. The summed E-state index contributed by atoms with van der Waals surface area (Å²) < 4.78 is 15.2. The maximum absolute atomic E-state index is 11.9. The van der Waals surface area contributed by atoms with Gasteiger partial charge in [-0.3, -0.25) is 4.79 Å². The van der Waals surface area contributed by atoms with Gasteiger partial charge in [-0.1, -0.05) is 0 Å². The molecule has 92 valence electrons. The number of benzene rings is 1. The molecule has 6 nitrogen and oxygen atoms in total. The van der Waals surface area contributed by atoms with Gasteiger partial charge in [-0.2, -0.15) is 0 Å². The number of hydrogen-bond acceptors (Lipinski definition) is 5. The van der Waals surface area contributed by atoms with Gasteiger partial charge in [0.2, 0.25) is 6.79 Å². The van der Waals surface area contributed by atoms with E-state index in [2.05, 4.69) is 10.3 Å². The standard InChI is InChI=1S/C12H10N2O4/c15-12(13-4-9-5-16-6-14-9)8-1-2-10-11(3-8)18-7-17-10/h1-3,5-6H,4,7H2,(H,13,15). The maximum Gasteiger partial charge on any atom is 0.251 e. The van der Waals surface area contributed by atoms with E-state index >= 15 is 0 Å². The molecule has 6 heteroatoms. The molecule has 0 aliphatic carbocycles. The van der Waals surface area contributed by atoms with Crippen molar-refractivity contribution < 1.29 is 18.7 Å². The van der Waals surface area contributed by atoms with Crippen LogP contribution in [-0.2, 0) is 6.54 Å². The Kier molecular flexibility index (Phi) is 2.60. The number of nitrogens with one attached hydrogen (secondary N) is 1. The zero-order chi connectivity index (χ0) is 12.4. The molecule has 2 heterocycles. The summed E-state index contributed by atoms with van der Waals surface area (Å²) in [7, 11) is 0. The quantitative estimate of drug-likeness (QED) is 0.884. The number of hydrogen-bond donors (Lipinski definition) is 1. The van der Waals surface area contributed by atoms with Gasteiger partial charge in [0.15, 0.2) is 17.9 Å². The number of rotatable bonds is 3. The van der Waals surface area contributed by atoms with Gasteiger partial charge < -0.3 is 19.2 Å². The van der Waals surface area contributed by atoms with Crippen molar-refractivity contribution in [3.63, 3.8) is 0 Å². The molecule has 0 saturated heterocycles. The molecule has 1 N–H and O–H groups in total.